The molecule has 0 unspecified atom stereocenters. The lowest BCUT2D eigenvalue weighted by molar-refractivity contribution is 1.07. The van der Waals surface area contributed by atoms with Crippen molar-refractivity contribution in [2.24, 2.45) is 10.7 Å². The Morgan fingerprint density at radius 1 is 0.688 bits per heavy atom. The fraction of sp³-hybridized carbons (Fsp3) is 0.100. The third-order valence-corrected chi connectivity index (χ3v) is 5.47. The predicted octanol–water partition coefficient (Wildman–Crippen LogP) is 6.74. The van der Waals surface area contributed by atoms with Crippen LogP contribution in [0.3, 0.4) is 0 Å². The molecule has 0 amide bonds. The van der Waals surface area contributed by atoms with Crippen molar-refractivity contribution in [3.63, 3.8) is 0 Å². The zero-order chi connectivity index (χ0) is 22.2. The summed E-state index contributed by atoms with van der Waals surface area (Å²) in [5.41, 5.74) is 14.4. The number of amidine groups is 1. The van der Waals surface area contributed by atoms with Gasteiger partial charge in [-0.15, -0.1) is 0 Å². The Hall–Kier alpha value is -3.91. The highest BCUT2D eigenvalue weighted by Gasteiger charge is 2.04. The molecule has 0 heterocycles. The van der Waals surface area contributed by atoms with E-state index in [2.05, 4.69) is 85.8 Å². The third kappa shape index (κ3) is 5.83. The first-order chi connectivity index (χ1) is 15.7. The second-order valence-corrected chi connectivity index (χ2v) is 7.99. The lowest BCUT2D eigenvalue weighted by atomic mass is 10.0. The number of benzene rings is 4. The van der Waals surface area contributed by atoms with Gasteiger partial charge in [-0.1, -0.05) is 121 Å². The molecule has 2 N–H and O–H groups in total. The number of aryl methyl sites for hydroxylation is 1. The zero-order valence-electron chi connectivity index (χ0n) is 18.4. The molecule has 0 spiro atoms. The van der Waals surface area contributed by atoms with Crippen LogP contribution in [0.25, 0.3) is 11.1 Å². The molecule has 0 aromatic heterocycles. The average molecular weight is 417 g/mol. The van der Waals surface area contributed by atoms with Gasteiger partial charge in [0.15, 0.2) is 0 Å². The summed E-state index contributed by atoms with van der Waals surface area (Å²) in [6.07, 6.45) is 3.73. The van der Waals surface area contributed by atoms with Gasteiger partial charge in [0.25, 0.3) is 0 Å². The van der Waals surface area contributed by atoms with Gasteiger partial charge < -0.3 is 5.73 Å². The standard InChI is InChI=1S/C30H28N2/c1-23-12-17-26(18-13-23)27-19-14-25(15-20-27)22-29(21-16-24-8-4-2-5-9-24)32-30(31)28-10-6-3-7-11-28/h2-15,17-21H,16,22H2,1H3,(H2,31,32)/b29-21-. The third-order valence-electron chi connectivity index (χ3n) is 5.47. The van der Waals surface area contributed by atoms with E-state index in [-0.39, 0.29) is 0 Å². The largest absolute Gasteiger partial charge is 0.383 e. The number of nitrogens with zero attached hydrogens (tertiary/aromatic N) is 1. The van der Waals surface area contributed by atoms with Gasteiger partial charge >= 0.3 is 0 Å². The van der Waals surface area contributed by atoms with Crippen molar-refractivity contribution in [1.82, 2.24) is 0 Å². The predicted molar refractivity (Wildman–Crippen MR) is 136 cm³/mol. The molecule has 0 saturated heterocycles. The highest BCUT2D eigenvalue weighted by atomic mass is 14.9. The van der Waals surface area contributed by atoms with E-state index < -0.39 is 0 Å². The van der Waals surface area contributed by atoms with Crippen LogP contribution in [0, 0.1) is 6.92 Å². The van der Waals surface area contributed by atoms with E-state index in [4.69, 9.17) is 10.7 Å². The van der Waals surface area contributed by atoms with Crippen LogP contribution in [0.1, 0.15) is 22.3 Å². The Kier molecular flexibility index (Phi) is 6.94. The Labute approximate surface area is 190 Å². The highest BCUT2D eigenvalue weighted by Crippen LogP contribution is 2.22. The summed E-state index contributed by atoms with van der Waals surface area (Å²) in [7, 11) is 0. The summed E-state index contributed by atoms with van der Waals surface area (Å²) < 4.78 is 0. The van der Waals surface area contributed by atoms with Crippen LogP contribution in [0.5, 0.6) is 0 Å². The molecule has 0 atom stereocenters. The van der Waals surface area contributed by atoms with Crippen LogP contribution < -0.4 is 5.73 Å². The highest BCUT2D eigenvalue weighted by molar-refractivity contribution is 5.98. The summed E-state index contributed by atoms with van der Waals surface area (Å²) in [4.78, 5) is 4.80. The topological polar surface area (TPSA) is 38.4 Å². The van der Waals surface area contributed by atoms with Crippen molar-refractivity contribution in [1.29, 1.82) is 0 Å². The van der Waals surface area contributed by atoms with E-state index in [1.54, 1.807) is 0 Å². The Balaban J connectivity index is 1.57. The van der Waals surface area contributed by atoms with Crippen molar-refractivity contribution < 1.29 is 0 Å². The molecule has 4 rings (SSSR count). The van der Waals surface area contributed by atoms with E-state index in [1.165, 1.54) is 27.8 Å². The fourth-order valence-corrected chi connectivity index (χ4v) is 3.61. The van der Waals surface area contributed by atoms with Gasteiger partial charge in [0.2, 0.25) is 0 Å². The van der Waals surface area contributed by atoms with Gasteiger partial charge in [-0.25, -0.2) is 4.99 Å². The van der Waals surface area contributed by atoms with Gasteiger partial charge in [0.1, 0.15) is 5.84 Å². The molecule has 0 fully saturated rings. The first kappa shape index (κ1) is 21.3. The second-order valence-electron chi connectivity index (χ2n) is 7.99. The van der Waals surface area contributed by atoms with E-state index >= 15 is 0 Å². The number of aliphatic imine (C=N–C) groups is 1. The SMILES string of the molecule is Cc1ccc(-c2ccc(C/C(=C/Cc3ccccc3)N=C(N)c3ccccc3)cc2)cc1. The van der Waals surface area contributed by atoms with Gasteiger partial charge in [0.05, 0.1) is 0 Å². The molecule has 0 aliphatic rings. The minimum Gasteiger partial charge on any atom is -0.383 e. The van der Waals surface area contributed by atoms with Crippen molar-refractivity contribution >= 4 is 5.84 Å². The Morgan fingerprint density at radius 3 is 1.88 bits per heavy atom. The Bertz CT molecular complexity index is 1190. The summed E-state index contributed by atoms with van der Waals surface area (Å²) in [5, 5.41) is 0. The minimum atomic E-state index is 0.543. The maximum absolute atomic E-state index is 6.34. The summed E-state index contributed by atoms with van der Waals surface area (Å²) >= 11 is 0. The number of rotatable bonds is 7. The van der Waals surface area contributed by atoms with E-state index in [1.807, 2.05) is 36.4 Å². The van der Waals surface area contributed by atoms with E-state index in [9.17, 15) is 0 Å². The molecule has 0 bridgehead atoms. The maximum atomic E-state index is 6.34. The first-order valence-corrected chi connectivity index (χ1v) is 11.0. The van der Waals surface area contributed by atoms with E-state index in [0.29, 0.717) is 5.84 Å². The molecule has 0 saturated carbocycles. The quantitative estimate of drug-likeness (QED) is 0.263. The molecule has 4 aromatic carbocycles. The molecular weight excluding hydrogens is 388 g/mol. The molecule has 0 aliphatic carbocycles. The lowest BCUT2D eigenvalue weighted by Gasteiger charge is -2.08. The smallest absolute Gasteiger partial charge is 0.130 e. The van der Waals surface area contributed by atoms with Crippen LogP contribution in [0.2, 0.25) is 0 Å². The van der Waals surface area contributed by atoms with E-state index in [0.717, 1.165) is 24.1 Å². The molecular formula is C30H28N2. The van der Waals surface area contributed by atoms with Gasteiger partial charge in [-0.3, -0.25) is 0 Å². The van der Waals surface area contributed by atoms with Crippen LogP contribution in [0.4, 0.5) is 0 Å². The van der Waals surface area contributed by atoms with Crippen LogP contribution >= 0.6 is 0 Å². The minimum absolute atomic E-state index is 0.543. The van der Waals surface area contributed by atoms with Gasteiger partial charge in [-0.05, 0) is 35.6 Å². The van der Waals surface area contributed by atoms with Crippen LogP contribution in [-0.4, -0.2) is 5.84 Å². The average Bonchev–Trinajstić information content (AvgIpc) is 2.85. The van der Waals surface area contributed by atoms with Crippen molar-refractivity contribution in [2.45, 2.75) is 19.8 Å². The molecule has 0 radical (unpaired) electrons. The van der Waals surface area contributed by atoms with Crippen LogP contribution in [0.15, 0.2) is 126 Å². The zero-order valence-corrected chi connectivity index (χ0v) is 18.4. The monoisotopic (exact) mass is 416 g/mol. The lowest BCUT2D eigenvalue weighted by Crippen LogP contribution is -2.13. The molecule has 4 aromatic rings. The van der Waals surface area contributed by atoms with Crippen molar-refractivity contribution in [3.05, 3.63) is 143 Å². The molecule has 2 heteroatoms. The first-order valence-electron chi connectivity index (χ1n) is 11.0. The number of nitrogens with two attached hydrogens (primary N) is 1. The number of allylic oxidation sites excluding steroid dienone is 2. The van der Waals surface area contributed by atoms with Gasteiger partial charge in [-0.2, -0.15) is 0 Å². The number of hydrogen-bond acceptors (Lipinski definition) is 1. The maximum Gasteiger partial charge on any atom is 0.130 e. The fourth-order valence-electron chi connectivity index (χ4n) is 3.61. The molecule has 32 heavy (non-hydrogen) atoms. The second kappa shape index (κ2) is 10.4. The Morgan fingerprint density at radius 2 is 1.25 bits per heavy atom. The summed E-state index contributed by atoms with van der Waals surface area (Å²) in [6, 6.07) is 37.7. The van der Waals surface area contributed by atoms with Gasteiger partial charge in [0, 0.05) is 17.7 Å². The number of hydrogen-bond donors (Lipinski definition) is 1. The molecule has 158 valence electrons. The van der Waals surface area contributed by atoms with Crippen LogP contribution in [-0.2, 0) is 12.8 Å². The molecule has 2 nitrogen and oxygen atoms in total. The van der Waals surface area contributed by atoms with Crippen molar-refractivity contribution in [3.8, 4) is 11.1 Å². The molecule has 0 aliphatic heterocycles. The van der Waals surface area contributed by atoms with Crippen molar-refractivity contribution in [2.75, 3.05) is 0 Å². The summed E-state index contributed by atoms with van der Waals surface area (Å²) in [6.45, 7) is 2.11. The normalized spacial score (nSPS) is 12.0. The summed E-state index contributed by atoms with van der Waals surface area (Å²) in [5.74, 6) is 0.543.